The topological polar surface area (TPSA) is 78.8 Å². The Bertz CT molecular complexity index is 896. The smallest absolute Gasteiger partial charge is 0.232 e. The van der Waals surface area contributed by atoms with E-state index in [1.165, 1.54) is 44.9 Å². The van der Waals surface area contributed by atoms with Crippen LogP contribution in [0.2, 0.25) is 0 Å². The number of para-hydroxylation sites is 1. The molecular formula is C25H36N2O3S. The molecule has 0 aliphatic carbocycles. The summed E-state index contributed by atoms with van der Waals surface area (Å²) < 4.78 is 27.9. The maximum atomic E-state index is 12.6. The van der Waals surface area contributed by atoms with Gasteiger partial charge < -0.3 is 5.21 Å². The maximum Gasteiger partial charge on any atom is 0.232 e. The molecule has 2 aromatic carbocycles. The van der Waals surface area contributed by atoms with Gasteiger partial charge in [-0.2, -0.15) is 0 Å². The molecule has 6 heteroatoms. The first-order valence-electron chi connectivity index (χ1n) is 11.4. The van der Waals surface area contributed by atoms with Crippen LogP contribution in [0.25, 0.3) is 0 Å². The lowest BCUT2D eigenvalue weighted by Gasteiger charge is -2.13. The van der Waals surface area contributed by atoms with Gasteiger partial charge in [0.15, 0.2) is 0 Å². The molecule has 2 aromatic rings. The Morgan fingerprint density at radius 1 is 0.806 bits per heavy atom. The van der Waals surface area contributed by atoms with E-state index < -0.39 is 10.0 Å². The number of unbranched alkanes of at least 4 members (excludes halogenated alkanes) is 9. The van der Waals surface area contributed by atoms with Crippen LogP contribution in [0.4, 0.5) is 5.69 Å². The molecule has 0 bridgehead atoms. The quantitative estimate of drug-likeness (QED) is 0.141. The third-order valence-electron chi connectivity index (χ3n) is 5.36. The van der Waals surface area contributed by atoms with Crippen LogP contribution in [0.15, 0.2) is 59.8 Å². The molecular weight excluding hydrogens is 408 g/mol. The maximum absolute atomic E-state index is 12.6. The van der Waals surface area contributed by atoms with E-state index in [2.05, 4.69) is 16.8 Å². The molecule has 2 N–H and O–H groups in total. The molecule has 0 amide bonds. The third-order valence-corrected chi connectivity index (χ3v) is 6.72. The number of benzene rings is 2. The Labute approximate surface area is 187 Å². The van der Waals surface area contributed by atoms with Gasteiger partial charge in [0.25, 0.3) is 0 Å². The Hall–Kier alpha value is -2.34. The minimum Gasteiger partial charge on any atom is -0.410 e. The molecule has 0 saturated heterocycles. The molecule has 0 fully saturated rings. The number of hydrogen-bond acceptors (Lipinski definition) is 4. The van der Waals surface area contributed by atoms with Crippen LogP contribution < -0.4 is 4.72 Å². The van der Waals surface area contributed by atoms with E-state index in [1.807, 2.05) is 30.3 Å². The van der Waals surface area contributed by atoms with Crippen LogP contribution in [-0.4, -0.2) is 25.1 Å². The lowest BCUT2D eigenvalue weighted by molar-refractivity contribution is 0.319. The van der Waals surface area contributed by atoms with E-state index in [0.717, 1.165) is 12.8 Å². The summed E-state index contributed by atoms with van der Waals surface area (Å²) in [5.74, 6) is 0.0920. The van der Waals surface area contributed by atoms with Gasteiger partial charge in [0.05, 0.1) is 11.4 Å². The summed E-state index contributed by atoms with van der Waals surface area (Å²) >= 11 is 0. The highest BCUT2D eigenvalue weighted by Gasteiger charge is 2.16. The molecule has 0 heterocycles. The predicted octanol–water partition coefficient (Wildman–Crippen LogP) is 6.58. The standard InChI is InChI=1S/C25H36N2O3S/c1-2-3-4-5-6-7-8-9-10-16-21-31(29,30)27-24-20-15-14-19-23(24)25(26-28)22-17-12-11-13-18-22/h11-15,17-20,27-28H,2-10,16,21H2,1H3. The number of oxime groups is 1. The lowest BCUT2D eigenvalue weighted by Crippen LogP contribution is -2.19. The summed E-state index contributed by atoms with van der Waals surface area (Å²) in [6.07, 6.45) is 11.6. The zero-order valence-corrected chi connectivity index (χ0v) is 19.4. The monoisotopic (exact) mass is 444 g/mol. The summed E-state index contributed by atoms with van der Waals surface area (Å²) in [5, 5.41) is 13.0. The van der Waals surface area contributed by atoms with Gasteiger partial charge >= 0.3 is 0 Å². The third kappa shape index (κ3) is 9.13. The van der Waals surface area contributed by atoms with Crippen molar-refractivity contribution < 1.29 is 13.6 Å². The van der Waals surface area contributed by atoms with Crippen LogP contribution >= 0.6 is 0 Å². The van der Waals surface area contributed by atoms with Crippen molar-refractivity contribution in [2.75, 3.05) is 10.5 Å². The van der Waals surface area contributed by atoms with E-state index in [9.17, 15) is 13.6 Å². The van der Waals surface area contributed by atoms with Crippen LogP contribution in [0.3, 0.4) is 0 Å². The Morgan fingerprint density at radius 3 is 1.97 bits per heavy atom. The predicted molar refractivity (Wildman–Crippen MR) is 130 cm³/mol. The number of hydrogen-bond donors (Lipinski definition) is 2. The molecule has 0 saturated carbocycles. The van der Waals surface area contributed by atoms with Gasteiger partial charge in [-0.3, -0.25) is 4.72 Å². The fraction of sp³-hybridized carbons (Fsp3) is 0.480. The van der Waals surface area contributed by atoms with Crippen LogP contribution in [0, 0.1) is 0 Å². The van der Waals surface area contributed by atoms with Crippen molar-refractivity contribution in [3.8, 4) is 0 Å². The lowest BCUT2D eigenvalue weighted by atomic mass is 10.0. The number of nitrogens with one attached hydrogen (secondary N) is 1. The summed E-state index contributed by atoms with van der Waals surface area (Å²) in [5.41, 5.74) is 2.01. The van der Waals surface area contributed by atoms with Crippen molar-refractivity contribution in [1.29, 1.82) is 0 Å². The van der Waals surface area contributed by atoms with E-state index >= 15 is 0 Å². The van der Waals surface area contributed by atoms with Crippen LogP contribution in [0.5, 0.6) is 0 Å². The molecule has 0 atom stereocenters. The van der Waals surface area contributed by atoms with Crippen molar-refractivity contribution in [2.45, 2.75) is 71.1 Å². The van der Waals surface area contributed by atoms with Gasteiger partial charge in [0.2, 0.25) is 10.0 Å². The van der Waals surface area contributed by atoms with Crippen molar-refractivity contribution in [3.05, 3.63) is 65.7 Å². The van der Waals surface area contributed by atoms with Gasteiger partial charge in [-0.15, -0.1) is 0 Å². The van der Waals surface area contributed by atoms with Gasteiger partial charge in [0.1, 0.15) is 5.71 Å². The van der Waals surface area contributed by atoms with Crippen molar-refractivity contribution >= 4 is 21.4 Å². The number of sulfonamides is 1. The van der Waals surface area contributed by atoms with Crippen LogP contribution in [-0.2, 0) is 10.0 Å². The molecule has 0 spiro atoms. The fourth-order valence-electron chi connectivity index (χ4n) is 3.64. The van der Waals surface area contributed by atoms with Crippen LogP contribution in [0.1, 0.15) is 82.3 Å². The van der Waals surface area contributed by atoms with Gasteiger partial charge in [0, 0.05) is 11.1 Å². The van der Waals surface area contributed by atoms with Crippen molar-refractivity contribution in [3.63, 3.8) is 0 Å². The molecule has 170 valence electrons. The fourth-order valence-corrected chi connectivity index (χ4v) is 4.84. The summed E-state index contributed by atoms with van der Waals surface area (Å²) in [6.45, 7) is 2.23. The largest absolute Gasteiger partial charge is 0.410 e. The van der Waals surface area contributed by atoms with Gasteiger partial charge in [-0.25, -0.2) is 8.42 Å². The Balaban J connectivity index is 1.84. The molecule has 5 nitrogen and oxygen atoms in total. The van der Waals surface area contributed by atoms with Gasteiger partial charge in [-0.05, 0) is 12.5 Å². The average Bonchev–Trinajstić information content (AvgIpc) is 2.77. The zero-order valence-electron chi connectivity index (χ0n) is 18.6. The highest BCUT2D eigenvalue weighted by Crippen LogP contribution is 2.22. The average molecular weight is 445 g/mol. The summed E-state index contributed by atoms with van der Waals surface area (Å²) in [4.78, 5) is 0. The van der Waals surface area contributed by atoms with E-state index in [4.69, 9.17) is 0 Å². The summed E-state index contributed by atoms with van der Waals surface area (Å²) in [7, 11) is -3.48. The highest BCUT2D eigenvalue weighted by molar-refractivity contribution is 7.92. The minimum absolute atomic E-state index is 0.0920. The second-order valence-electron chi connectivity index (χ2n) is 7.96. The Kier molecular flexibility index (Phi) is 11.1. The summed E-state index contributed by atoms with van der Waals surface area (Å²) in [6, 6.07) is 16.2. The van der Waals surface area contributed by atoms with Crippen molar-refractivity contribution in [1.82, 2.24) is 0 Å². The van der Waals surface area contributed by atoms with E-state index in [0.29, 0.717) is 28.9 Å². The second-order valence-corrected chi connectivity index (χ2v) is 9.80. The first kappa shape index (κ1) is 24.9. The van der Waals surface area contributed by atoms with E-state index in [-0.39, 0.29) is 5.75 Å². The van der Waals surface area contributed by atoms with Crippen molar-refractivity contribution in [2.24, 2.45) is 5.16 Å². The first-order valence-corrected chi connectivity index (χ1v) is 13.1. The molecule has 0 aliphatic rings. The molecule has 0 aliphatic heterocycles. The Morgan fingerprint density at radius 2 is 1.35 bits per heavy atom. The second kappa shape index (κ2) is 13.9. The molecule has 0 unspecified atom stereocenters. The molecule has 0 aromatic heterocycles. The number of anilines is 1. The minimum atomic E-state index is -3.48. The van der Waals surface area contributed by atoms with E-state index in [1.54, 1.807) is 24.3 Å². The first-order chi connectivity index (χ1) is 15.1. The zero-order chi connectivity index (χ0) is 22.4. The highest BCUT2D eigenvalue weighted by atomic mass is 32.2. The number of nitrogens with zero attached hydrogens (tertiary/aromatic N) is 1. The molecule has 2 rings (SSSR count). The normalized spacial score (nSPS) is 12.1. The molecule has 0 radical (unpaired) electrons. The SMILES string of the molecule is CCCCCCCCCCCCS(=O)(=O)Nc1ccccc1C(=NO)c1ccccc1. The number of rotatable bonds is 15. The van der Waals surface area contributed by atoms with Gasteiger partial charge in [-0.1, -0.05) is 118 Å². The molecule has 31 heavy (non-hydrogen) atoms.